The number of morpholine rings is 1. The molecule has 0 saturated carbocycles. The molecule has 172 valence electrons. The van der Waals surface area contributed by atoms with E-state index in [2.05, 4.69) is 60.6 Å². The largest absolute Gasteiger partial charge is 0.396 e. The van der Waals surface area contributed by atoms with Crippen molar-refractivity contribution >= 4 is 29.9 Å². The van der Waals surface area contributed by atoms with Crippen LogP contribution in [-0.2, 0) is 17.8 Å². The highest BCUT2D eigenvalue weighted by Gasteiger charge is 2.13. The number of hydrogen-bond acceptors (Lipinski definition) is 4. The molecule has 7 heteroatoms. The maximum atomic E-state index is 9.35. The van der Waals surface area contributed by atoms with Crippen molar-refractivity contribution in [1.29, 1.82) is 0 Å². The molecule has 30 heavy (non-hydrogen) atoms. The number of aliphatic hydroxyl groups excluding tert-OH is 1. The van der Waals surface area contributed by atoms with Crippen LogP contribution >= 0.6 is 24.0 Å². The SMILES string of the molecule is CCNC(=NCc1ccccc1CN1CCOCC1)NCC(CCO)CC(C)C.I. The van der Waals surface area contributed by atoms with Crippen molar-refractivity contribution in [3.05, 3.63) is 35.4 Å². The first-order valence-corrected chi connectivity index (χ1v) is 11.1. The average molecular weight is 533 g/mol. The molecule has 6 nitrogen and oxygen atoms in total. The molecule has 1 aromatic carbocycles. The first kappa shape index (κ1) is 27.1. The number of nitrogens with one attached hydrogen (secondary N) is 2. The minimum Gasteiger partial charge on any atom is -0.396 e. The quantitative estimate of drug-likeness (QED) is 0.232. The predicted octanol–water partition coefficient (Wildman–Crippen LogP) is 3.24. The van der Waals surface area contributed by atoms with Gasteiger partial charge in [0.05, 0.1) is 19.8 Å². The van der Waals surface area contributed by atoms with Gasteiger partial charge in [0.25, 0.3) is 0 Å². The lowest BCUT2D eigenvalue weighted by atomic mass is 9.94. The summed E-state index contributed by atoms with van der Waals surface area (Å²) in [5.41, 5.74) is 2.61. The van der Waals surface area contributed by atoms with Gasteiger partial charge in [0.2, 0.25) is 0 Å². The van der Waals surface area contributed by atoms with Gasteiger partial charge >= 0.3 is 0 Å². The van der Waals surface area contributed by atoms with Gasteiger partial charge in [0.1, 0.15) is 0 Å². The number of aliphatic hydroxyl groups is 1. The van der Waals surface area contributed by atoms with Gasteiger partial charge in [-0.1, -0.05) is 38.1 Å². The zero-order valence-electron chi connectivity index (χ0n) is 18.9. The Morgan fingerprint density at radius 3 is 2.50 bits per heavy atom. The zero-order valence-corrected chi connectivity index (χ0v) is 21.2. The fourth-order valence-corrected chi connectivity index (χ4v) is 3.77. The van der Waals surface area contributed by atoms with Gasteiger partial charge < -0.3 is 20.5 Å². The fraction of sp³-hybridized carbons (Fsp3) is 0.696. The van der Waals surface area contributed by atoms with Crippen molar-refractivity contribution in [2.24, 2.45) is 16.8 Å². The van der Waals surface area contributed by atoms with Crippen LogP contribution in [0.15, 0.2) is 29.3 Å². The molecule has 1 atom stereocenters. The van der Waals surface area contributed by atoms with Crippen LogP contribution in [0.5, 0.6) is 0 Å². The molecule has 0 aromatic heterocycles. The Balaban J connectivity index is 0.00000450. The summed E-state index contributed by atoms with van der Waals surface area (Å²) in [4.78, 5) is 7.28. The van der Waals surface area contributed by atoms with Gasteiger partial charge in [-0.25, -0.2) is 4.99 Å². The number of rotatable bonds is 11. The Labute approximate surface area is 199 Å². The van der Waals surface area contributed by atoms with Crippen molar-refractivity contribution < 1.29 is 9.84 Å². The third kappa shape index (κ3) is 10.4. The van der Waals surface area contributed by atoms with Gasteiger partial charge in [-0.2, -0.15) is 0 Å². The molecule has 3 N–H and O–H groups in total. The van der Waals surface area contributed by atoms with Crippen LogP contribution in [0.2, 0.25) is 0 Å². The molecular weight excluding hydrogens is 491 g/mol. The first-order chi connectivity index (χ1) is 14.1. The summed E-state index contributed by atoms with van der Waals surface area (Å²) in [5.74, 6) is 1.93. The van der Waals surface area contributed by atoms with Gasteiger partial charge in [0, 0.05) is 39.3 Å². The van der Waals surface area contributed by atoms with Crippen molar-refractivity contribution in [2.45, 2.75) is 46.7 Å². The molecule has 1 fully saturated rings. The van der Waals surface area contributed by atoms with E-state index in [9.17, 15) is 5.11 Å². The predicted molar refractivity (Wildman–Crippen MR) is 135 cm³/mol. The monoisotopic (exact) mass is 532 g/mol. The maximum absolute atomic E-state index is 9.35. The highest BCUT2D eigenvalue weighted by Crippen LogP contribution is 2.15. The van der Waals surface area contributed by atoms with Crippen molar-refractivity contribution in [1.82, 2.24) is 15.5 Å². The molecule has 1 saturated heterocycles. The smallest absolute Gasteiger partial charge is 0.191 e. The summed E-state index contributed by atoms with van der Waals surface area (Å²) < 4.78 is 5.47. The molecule has 0 bridgehead atoms. The van der Waals surface area contributed by atoms with E-state index >= 15 is 0 Å². The maximum Gasteiger partial charge on any atom is 0.191 e. The van der Waals surface area contributed by atoms with E-state index in [0.29, 0.717) is 18.4 Å². The Kier molecular flexibility index (Phi) is 14.3. The number of guanidine groups is 1. The van der Waals surface area contributed by atoms with Crippen LogP contribution in [-0.4, -0.2) is 62.0 Å². The number of ether oxygens (including phenoxy) is 1. The molecule has 1 aromatic rings. The lowest BCUT2D eigenvalue weighted by molar-refractivity contribution is 0.0341. The third-order valence-corrected chi connectivity index (χ3v) is 5.27. The van der Waals surface area contributed by atoms with Crippen molar-refractivity contribution in [2.75, 3.05) is 46.0 Å². The lowest BCUT2D eigenvalue weighted by Crippen LogP contribution is -2.40. The van der Waals surface area contributed by atoms with E-state index in [1.807, 2.05) is 0 Å². The molecule has 0 amide bonds. The standard InChI is InChI=1S/C23H40N4O2.HI/c1-4-24-23(25-16-20(9-12-28)15-19(2)3)26-17-21-7-5-6-8-22(21)18-27-10-13-29-14-11-27;/h5-8,19-20,28H,4,9-18H2,1-3H3,(H2,24,25,26);1H. The van der Waals surface area contributed by atoms with E-state index in [4.69, 9.17) is 9.73 Å². The molecule has 0 radical (unpaired) electrons. The second kappa shape index (κ2) is 15.8. The van der Waals surface area contributed by atoms with E-state index in [-0.39, 0.29) is 30.6 Å². The summed E-state index contributed by atoms with van der Waals surface area (Å²) in [5, 5.41) is 16.2. The number of aliphatic imine (C=N–C) groups is 1. The number of hydrogen-bond donors (Lipinski definition) is 3. The molecule has 0 aliphatic carbocycles. The third-order valence-electron chi connectivity index (χ3n) is 5.27. The number of nitrogens with zero attached hydrogens (tertiary/aromatic N) is 2. The van der Waals surface area contributed by atoms with Gasteiger partial charge in [-0.15, -0.1) is 24.0 Å². The van der Waals surface area contributed by atoms with Crippen molar-refractivity contribution in [3.63, 3.8) is 0 Å². The van der Waals surface area contributed by atoms with E-state index in [1.165, 1.54) is 11.1 Å². The molecule has 1 aliphatic heterocycles. The Hall–Kier alpha value is -0.900. The number of halogens is 1. The van der Waals surface area contributed by atoms with Crippen LogP contribution in [0.3, 0.4) is 0 Å². The Morgan fingerprint density at radius 2 is 1.87 bits per heavy atom. The second-order valence-corrected chi connectivity index (χ2v) is 8.24. The average Bonchev–Trinajstić information content (AvgIpc) is 2.71. The van der Waals surface area contributed by atoms with Gasteiger partial charge in [-0.3, -0.25) is 4.90 Å². The zero-order chi connectivity index (χ0) is 20.9. The van der Waals surface area contributed by atoms with Gasteiger partial charge in [0.15, 0.2) is 5.96 Å². The van der Waals surface area contributed by atoms with Crippen LogP contribution in [0.1, 0.15) is 44.7 Å². The van der Waals surface area contributed by atoms with Crippen LogP contribution in [0, 0.1) is 11.8 Å². The first-order valence-electron chi connectivity index (χ1n) is 11.1. The Bertz CT molecular complexity index is 607. The summed E-state index contributed by atoms with van der Waals surface area (Å²) in [7, 11) is 0. The van der Waals surface area contributed by atoms with Gasteiger partial charge in [-0.05, 0) is 42.7 Å². The number of benzene rings is 1. The summed E-state index contributed by atoms with van der Waals surface area (Å²) in [6.45, 7) is 13.7. The van der Waals surface area contributed by atoms with E-state index in [0.717, 1.165) is 64.7 Å². The summed E-state index contributed by atoms with van der Waals surface area (Å²) >= 11 is 0. The lowest BCUT2D eigenvalue weighted by Gasteiger charge is -2.27. The molecule has 1 heterocycles. The normalized spacial score (nSPS) is 16.2. The summed E-state index contributed by atoms with van der Waals surface area (Å²) in [6.07, 6.45) is 1.93. The van der Waals surface area contributed by atoms with Crippen LogP contribution < -0.4 is 10.6 Å². The highest BCUT2D eigenvalue weighted by atomic mass is 127. The highest BCUT2D eigenvalue weighted by molar-refractivity contribution is 14.0. The van der Waals surface area contributed by atoms with E-state index < -0.39 is 0 Å². The minimum atomic E-state index is 0. The molecule has 1 unspecified atom stereocenters. The van der Waals surface area contributed by atoms with Crippen LogP contribution in [0.4, 0.5) is 0 Å². The van der Waals surface area contributed by atoms with E-state index in [1.54, 1.807) is 0 Å². The summed E-state index contributed by atoms with van der Waals surface area (Å²) in [6, 6.07) is 8.59. The minimum absolute atomic E-state index is 0. The Morgan fingerprint density at radius 1 is 1.17 bits per heavy atom. The second-order valence-electron chi connectivity index (χ2n) is 8.24. The molecule has 0 spiro atoms. The fourth-order valence-electron chi connectivity index (χ4n) is 3.77. The topological polar surface area (TPSA) is 69.1 Å². The van der Waals surface area contributed by atoms with Crippen molar-refractivity contribution in [3.8, 4) is 0 Å². The molecule has 2 rings (SSSR count). The molecular formula is C23H41IN4O2. The molecule has 1 aliphatic rings. The van der Waals surface area contributed by atoms with Crippen LogP contribution in [0.25, 0.3) is 0 Å².